The molecule has 0 saturated heterocycles. The Morgan fingerprint density at radius 3 is 2.60 bits per heavy atom. The lowest BCUT2D eigenvalue weighted by atomic mass is 9.82. The molecule has 1 aromatic carbocycles. The van der Waals surface area contributed by atoms with E-state index < -0.39 is 0 Å². The molecule has 0 spiro atoms. The van der Waals surface area contributed by atoms with Crippen LogP contribution in [0.2, 0.25) is 0 Å². The van der Waals surface area contributed by atoms with Gasteiger partial charge in [0.05, 0.1) is 0 Å². The zero-order chi connectivity index (χ0) is 14.7. The second-order valence-corrected chi connectivity index (χ2v) is 6.55. The summed E-state index contributed by atoms with van der Waals surface area (Å²) >= 11 is 0. The summed E-state index contributed by atoms with van der Waals surface area (Å²) < 4.78 is 0. The fourth-order valence-electron chi connectivity index (χ4n) is 3.80. The summed E-state index contributed by atoms with van der Waals surface area (Å²) in [6, 6.07) is 7.93. The maximum Gasteiger partial charge on any atom is 0.0322 e. The van der Waals surface area contributed by atoms with Crippen LogP contribution in [0.3, 0.4) is 0 Å². The van der Waals surface area contributed by atoms with E-state index >= 15 is 0 Å². The summed E-state index contributed by atoms with van der Waals surface area (Å²) in [5, 5.41) is 0. The molecule has 0 radical (unpaired) electrons. The molecule has 1 aromatic rings. The first kappa shape index (κ1) is 15.5. The average molecular weight is 274 g/mol. The predicted octanol–water partition coefficient (Wildman–Crippen LogP) is 3.81. The third-order valence-corrected chi connectivity index (χ3v) is 5.18. The number of hydrogen-bond donors (Lipinski definition) is 1. The molecule has 0 bridgehead atoms. The van der Waals surface area contributed by atoms with Crippen molar-refractivity contribution in [1.29, 1.82) is 0 Å². The number of hydrogen-bond acceptors (Lipinski definition) is 2. The highest BCUT2D eigenvalue weighted by molar-refractivity contribution is 5.32. The van der Waals surface area contributed by atoms with Crippen LogP contribution in [-0.4, -0.2) is 24.5 Å². The lowest BCUT2D eigenvalue weighted by Crippen LogP contribution is -2.44. The number of rotatable bonds is 4. The lowest BCUT2D eigenvalue weighted by Gasteiger charge is -2.41. The third kappa shape index (κ3) is 3.24. The Kier molecular flexibility index (Phi) is 5.22. The molecule has 0 amide bonds. The van der Waals surface area contributed by atoms with Crippen molar-refractivity contribution in [2.75, 3.05) is 13.6 Å². The topological polar surface area (TPSA) is 29.3 Å². The van der Waals surface area contributed by atoms with E-state index in [1.165, 1.54) is 42.4 Å². The van der Waals surface area contributed by atoms with Crippen molar-refractivity contribution in [2.45, 2.75) is 58.5 Å². The molecule has 0 aromatic heterocycles. The maximum atomic E-state index is 5.99. The van der Waals surface area contributed by atoms with Crippen LogP contribution in [0.15, 0.2) is 18.2 Å². The van der Waals surface area contributed by atoms with Gasteiger partial charge in [-0.05, 0) is 64.3 Å². The molecule has 2 N–H and O–H groups in total. The van der Waals surface area contributed by atoms with E-state index in [1.54, 1.807) is 0 Å². The Labute approximate surface area is 124 Å². The lowest BCUT2D eigenvalue weighted by molar-refractivity contribution is 0.0987. The Bertz CT molecular complexity index is 441. The Morgan fingerprint density at radius 1 is 1.25 bits per heavy atom. The molecule has 0 aliphatic heterocycles. The van der Waals surface area contributed by atoms with Gasteiger partial charge in [-0.15, -0.1) is 0 Å². The van der Waals surface area contributed by atoms with Crippen LogP contribution < -0.4 is 5.73 Å². The van der Waals surface area contributed by atoms with Gasteiger partial charge in [0.15, 0.2) is 0 Å². The van der Waals surface area contributed by atoms with Crippen molar-refractivity contribution in [2.24, 2.45) is 11.7 Å². The molecule has 1 aliphatic rings. The number of nitrogens with two attached hydrogens (primary N) is 1. The van der Waals surface area contributed by atoms with Gasteiger partial charge < -0.3 is 5.73 Å². The van der Waals surface area contributed by atoms with Gasteiger partial charge in [-0.1, -0.05) is 36.6 Å². The van der Waals surface area contributed by atoms with Crippen LogP contribution in [0.1, 0.15) is 55.3 Å². The van der Waals surface area contributed by atoms with Gasteiger partial charge in [0.2, 0.25) is 0 Å². The van der Waals surface area contributed by atoms with Crippen LogP contribution in [0, 0.1) is 19.8 Å². The molecular weight excluding hydrogens is 244 g/mol. The summed E-state index contributed by atoms with van der Waals surface area (Å²) in [5.41, 5.74) is 10.2. The predicted molar refractivity (Wildman–Crippen MR) is 86.9 cm³/mol. The molecule has 3 unspecified atom stereocenters. The fourth-order valence-corrected chi connectivity index (χ4v) is 3.80. The highest BCUT2D eigenvalue weighted by Crippen LogP contribution is 2.33. The molecule has 1 saturated carbocycles. The first-order valence-corrected chi connectivity index (χ1v) is 8.03. The Hall–Kier alpha value is -0.860. The molecule has 3 atom stereocenters. The zero-order valence-corrected chi connectivity index (χ0v) is 13.5. The van der Waals surface area contributed by atoms with Crippen molar-refractivity contribution < 1.29 is 0 Å². The Balaban J connectivity index is 2.16. The van der Waals surface area contributed by atoms with Crippen molar-refractivity contribution in [1.82, 2.24) is 4.90 Å². The number of nitrogens with zero attached hydrogens (tertiary/aromatic N) is 1. The molecule has 0 heterocycles. The molecular formula is C18H30N2. The number of benzene rings is 1. The number of aryl methyl sites for hydroxylation is 2. The van der Waals surface area contributed by atoms with E-state index in [4.69, 9.17) is 5.73 Å². The molecule has 1 aliphatic carbocycles. The Morgan fingerprint density at radius 2 is 1.95 bits per heavy atom. The largest absolute Gasteiger partial charge is 0.330 e. The van der Waals surface area contributed by atoms with Gasteiger partial charge in [-0.2, -0.15) is 0 Å². The monoisotopic (exact) mass is 274 g/mol. The van der Waals surface area contributed by atoms with E-state index in [1.807, 2.05) is 0 Å². The summed E-state index contributed by atoms with van der Waals surface area (Å²) in [5.74, 6) is 0.668. The summed E-state index contributed by atoms with van der Waals surface area (Å²) in [4.78, 5) is 2.56. The highest BCUT2D eigenvalue weighted by atomic mass is 15.2. The van der Waals surface area contributed by atoms with Gasteiger partial charge in [-0.3, -0.25) is 4.90 Å². The molecule has 112 valence electrons. The quantitative estimate of drug-likeness (QED) is 0.904. The maximum absolute atomic E-state index is 5.99. The van der Waals surface area contributed by atoms with Crippen LogP contribution in [0.4, 0.5) is 0 Å². The van der Waals surface area contributed by atoms with Gasteiger partial charge in [0.25, 0.3) is 0 Å². The van der Waals surface area contributed by atoms with E-state index in [-0.39, 0.29) is 0 Å². The second kappa shape index (κ2) is 6.73. The van der Waals surface area contributed by atoms with Gasteiger partial charge >= 0.3 is 0 Å². The molecule has 2 rings (SSSR count). The molecule has 2 heteroatoms. The minimum absolute atomic E-state index is 0.466. The standard InChI is InChI=1S/C18H30N2/c1-13-9-10-17(14(2)11-13)15(3)20(4)18-8-6-5-7-16(18)12-19/h9-11,15-16,18H,5-8,12,19H2,1-4H3. The first-order valence-electron chi connectivity index (χ1n) is 8.03. The van der Waals surface area contributed by atoms with Gasteiger partial charge in [0, 0.05) is 12.1 Å². The average Bonchev–Trinajstić information content (AvgIpc) is 2.45. The van der Waals surface area contributed by atoms with E-state index in [2.05, 4.69) is 50.9 Å². The summed E-state index contributed by atoms with van der Waals surface area (Å²) in [6.45, 7) is 7.55. The molecule has 20 heavy (non-hydrogen) atoms. The fraction of sp³-hybridized carbons (Fsp3) is 0.667. The zero-order valence-electron chi connectivity index (χ0n) is 13.5. The second-order valence-electron chi connectivity index (χ2n) is 6.55. The van der Waals surface area contributed by atoms with E-state index in [0.717, 1.165) is 6.54 Å². The first-order chi connectivity index (χ1) is 9.54. The van der Waals surface area contributed by atoms with Gasteiger partial charge in [0.1, 0.15) is 0 Å². The van der Waals surface area contributed by atoms with Crippen molar-refractivity contribution >= 4 is 0 Å². The van der Waals surface area contributed by atoms with Crippen molar-refractivity contribution in [3.63, 3.8) is 0 Å². The van der Waals surface area contributed by atoms with Crippen LogP contribution in [0.25, 0.3) is 0 Å². The summed E-state index contributed by atoms with van der Waals surface area (Å²) in [6.07, 6.45) is 5.30. The van der Waals surface area contributed by atoms with Crippen LogP contribution >= 0.6 is 0 Å². The van der Waals surface area contributed by atoms with Gasteiger partial charge in [-0.25, -0.2) is 0 Å². The SMILES string of the molecule is Cc1ccc(C(C)N(C)C2CCCCC2CN)c(C)c1. The summed E-state index contributed by atoms with van der Waals surface area (Å²) in [7, 11) is 2.28. The van der Waals surface area contributed by atoms with Crippen LogP contribution in [0.5, 0.6) is 0 Å². The third-order valence-electron chi connectivity index (χ3n) is 5.18. The van der Waals surface area contributed by atoms with E-state index in [0.29, 0.717) is 18.0 Å². The van der Waals surface area contributed by atoms with E-state index in [9.17, 15) is 0 Å². The normalized spacial score (nSPS) is 24.9. The van der Waals surface area contributed by atoms with Crippen molar-refractivity contribution in [3.05, 3.63) is 34.9 Å². The minimum Gasteiger partial charge on any atom is -0.330 e. The van der Waals surface area contributed by atoms with Crippen molar-refractivity contribution in [3.8, 4) is 0 Å². The highest BCUT2D eigenvalue weighted by Gasteiger charge is 2.30. The smallest absolute Gasteiger partial charge is 0.0322 e. The molecule has 1 fully saturated rings. The minimum atomic E-state index is 0.466. The van der Waals surface area contributed by atoms with Crippen LogP contribution in [-0.2, 0) is 0 Å². The molecule has 2 nitrogen and oxygen atoms in total.